The van der Waals surface area contributed by atoms with Crippen LogP contribution in [0.5, 0.6) is 11.5 Å². The van der Waals surface area contributed by atoms with Gasteiger partial charge in [0, 0.05) is 42.2 Å². The Morgan fingerprint density at radius 3 is 2.41 bits per heavy atom. The van der Waals surface area contributed by atoms with Gasteiger partial charge in [-0.3, -0.25) is 10.1 Å². The van der Waals surface area contributed by atoms with Crippen LogP contribution in [0.4, 0.5) is 5.69 Å². The first-order valence-electron chi connectivity index (χ1n) is 14.3. The number of hydrogen-bond donors (Lipinski definition) is 4. The van der Waals surface area contributed by atoms with Crippen LogP contribution >= 0.6 is 0 Å². The molecule has 0 saturated carbocycles. The molecule has 2 aromatic rings. The molecular formula is C31H40N4O9. The number of aliphatic hydroxyl groups is 1. The molecule has 0 bridgehead atoms. The van der Waals surface area contributed by atoms with Crippen molar-refractivity contribution < 1.29 is 38.6 Å². The summed E-state index contributed by atoms with van der Waals surface area (Å²) in [5, 5.41) is 28.1. The summed E-state index contributed by atoms with van der Waals surface area (Å²) < 4.78 is 22.0. The molecule has 238 valence electrons. The van der Waals surface area contributed by atoms with Crippen molar-refractivity contribution in [2.24, 2.45) is 5.73 Å². The van der Waals surface area contributed by atoms with Gasteiger partial charge in [0.1, 0.15) is 30.8 Å². The molecule has 0 aromatic heterocycles. The average Bonchev–Trinajstić information content (AvgIpc) is 3.01. The number of benzene rings is 2. The molecule has 2 unspecified atom stereocenters. The molecule has 13 nitrogen and oxygen atoms in total. The topological polar surface area (TPSA) is 185 Å². The largest absolute Gasteiger partial charge is 0.493 e. The second-order valence-corrected chi connectivity index (χ2v) is 10.1. The SMILES string of the molecule is COC(=O)C1=C(C)NC(C)=C(C(=O)OCCN)C1c1cc([N+](=O)[O-])ccc1OCCCCNCC(O)COc1ccccc1. The van der Waals surface area contributed by atoms with Crippen LogP contribution in [0.2, 0.25) is 0 Å². The van der Waals surface area contributed by atoms with Gasteiger partial charge < -0.3 is 40.4 Å². The number of nitro groups is 1. The summed E-state index contributed by atoms with van der Waals surface area (Å²) >= 11 is 0. The van der Waals surface area contributed by atoms with Crippen molar-refractivity contribution in [1.29, 1.82) is 0 Å². The molecule has 44 heavy (non-hydrogen) atoms. The van der Waals surface area contributed by atoms with E-state index in [4.69, 9.17) is 24.7 Å². The number of non-ortho nitro benzene ring substituents is 1. The number of methoxy groups -OCH3 is 1. The molecule has 1 aliphatic rings. The summed E-state index contributed by atoms with van der Waals surface area (Å²) in [5.41, 5.74) is 6.57. The van der Waals surface area contributed by atoms with Crippen LogP contribution in [-0.2, 0) is 19.1 Å². The number of carbonyl (C=O) groups is 2. The number of dihydropyridines is 1. The first-order valence-corrected chi connectivity index (χ1v) is 14.3. The third-order valence-corrected chi connectivity index (χ3v) is 6.82. The third kappa shape index (κ3) is 9.27. The average molecular weight is 613 g/mol. The van der Waals surface area contributed by atoms with Crippen molar-refractivity contribution in [3.8, 4) is 11.5 Å². The van der Waals surface area contributed by atoms with Crippen molar-refractivity contribution in [2.75, 3.05) is 46.6 Å². The first-order chi connectivity index (χ1) is 21.2. The highest BCUT2D eigenvalue weighted by atomic mass is 16.6. The molecule has 0 fully saturated rings. The number of para-hydroxylation sites is 1. The molecule has 0 spiro atoms. The van der Waals surface area contributed by atoms with Gasteiger partial charge in [-0.1, -0.05) is 18.2 Å². The molecule has 5 N–H and O–H groups in total. The predicted molar refractivity (Wildman–Crippen MR) is 162 cm³/mol. The quantitative estimate of drug-likeness (QED) is 0.0888. The lowest BCUT2D eigenvalue weighted by atomic mass is 9.79. The summed E-state index contributed by atoms with van der Waals surface area (Å²) in [6.45, 7) is 4.73. The van der Waals surface area contributed by atoms with E-state index in [1.807, 2.05) is 30.3 Å². The molecule has 3 rings (SSSR count). The van der Waals surface area contributed by atoms with E-state index < -0.39 is 28.9 Å². The highest BCUT2D eigenvalue weighted by Crippen LogP contribution is 2.44. The number of nitrogens with zero attached hydrogens (tertiary/aromatic N) is 1. The van der Waals surface area contributed by atoms with Crippen LogP contribution in [0.25, 0.3) is 0 Å². The molecule has 0 radical (unpaired) electrons. The molecule has 1 heterocycles. The number of esters is 2. The van der Waals surface area contributed by atoms with Crippen molar-refractivity contribution in [1.82, 2.24) is 10.6 Å². The standard InChI is InChI=1S/C31H40N4O9/c1-20-27(30(37)41-3)29(28(21(2)34-20)31(38)43-16-13-32)25-17-22(35(39)40)11-12-26(25)42-15-8-7-14-33-18-23(36)19-44-24-9-5-4-6-10-24/h4-6,9-12,17,23,29,33-34,36H,7-8,13-16,18-19,32H2,1-3H3. The van der Waals surface area contributed by atoms with Crippen molar-refractivity contribution in [2.45, 2.75) is 38.7 Å². The van der Waals surface area contributed by atoms with E-state index in [0.29, 0.717) is 43.1 Å². The smallest absolute Gasteiger partial charge is 0.336 e. The van der Waals surface area contributed by atoms with Crippen LogP contribution in [0.3, 0.4) is 0 Å². The second-order valence-electron chi connectivity index (χ2n) is 10.1. The Bertz CT molecular complexity index is 1360. The number of nitro benzene ring substituents is 1. The van der Waals surface area contributed by atoms with Gasteiger partial charge in [-0.05, 0) is 51.4 Å². The van der Waals surface area contributed by atoms with E-state index in [1.165, 1.54) is 25.3 Å². The van der Waals surface area contributed by atoms with Crippen molar-refractivity contribution in [3.05, 3.63) is 86.7 Å². The van der Waals surface area contributed by atoms with Crippen LogP contribution in [0.15, 0.2) is 71.1 Å². The summed E-state index contributed by atoms with van der Waals surface area (Å²) in [6, 6.07) is 13.3. The monoisotopic (exact) mass is 612 g/mol. The number of nitrogens with two attached hydrogens (primary N) is 1. The number of unbranched alkanes of at least 4 members (excludes halogenated alkanes) is 1. The Kier molecular flexibility index (Phi) is 13.1. The Labute approximate surface area is 256 Å². The number of hydrogen-bond acceptors (Lipinski definition) is 12. The molecule has 0 saturated heterocycles. The van der Waals surface area contributed by atoms with Gasteiger partial charge in [-0.2, -0.15) is 0 Å². The second kappa shape index (κ2) is 17.0. The fourth-order valence-corrected chi connectivity index (χ4v) is 4.76. The van der Waals surface area contributed by atoms with Crippen molar-refractivity contribution >= 4 is 17.6 Å². The van der Waals surface area contributed by atoms with Gasteiger partial charge in [0.05, 0.1) is 35.7 Å². The van der Waals surface area contributed by atoms with Crippen LogP contribution in [-0.4, -0.2) is 74.6 Å². The van der Waals surface area contributed by atoms with E-state index >= 15 is 0 Å². The first kappa shape index (κ1) is 34.0. The van der Waals surface area contributed by atoms with E-state index in [-0.39, 0.29) is 54.5 Å². The zero-order valence-electron chi connectivity index (χ0n) is 25.2. The summed E-state index contributed by atoms with van der Waals surface area (Å²) in [5.74, 6) is -1.54. The van der Waals surface area contributed by atoms with Gasteiger partial charge in [0.25, 0.3) is 5.69 Å². The lowest BCUT2D eigenvalue weighted by Crippen LogP contribution is -2.33. The van der Waals surface area contributed by atoms with Gasteiger partial charge >= 0.3 is 11.9 Å². The number of nitrogens with one attached hydrogen (secondary N) is 2. The molecule has 2 atom stereocenters. The van der Waals surface area contributed by atoms with E-state index in [1.54, 1.807) is 13.8 Å². The Balaban J connectivity index is 1.71. The lowest BCUT2D eigenvalue weighted by molar-refractivity contribution is -0.384. The molecular weight excluding hydrogens is 572 g/mol. The van der Waals surface area contributed by atoms with Gasteiger partial charge in [0.2, 0.25) is 0 Å². The number of allylic oxidation sites excluding steroid dienone is 2. The minimum atomic E-state index is -1.06. The maximum Gasteiger partial charge on any atom is 0.336 e. The fourth-order valence-electron chi connectivity index (χ4n) is 4.76. The zero-order chi connectivity index (χ0) is 32.1. The summed E-state index contributed by atoms with van der Waals surface area (Å²) in [7, 11) is 1.21. The Morgan fingerprint density at radius 2 is 1.75 bits per heavy atom. The number of ether oxygens (including phenoxy) is 4. The summed E-state index contributed by atoms with van der Waals surface area (Å²) in [4.78, 5) is 37.4. The normalized spacial score (nSPS) is 15.3. The Hall–Kier alpha value is -4.46. The van der Waals surface area contributed by atoms with E-state index in [2.05, 4.69) is 10.6 Å². The molecule has 0 amide bonds. The fraction of sp³-hybridized carbons (Fsp3) is 0.419. The van der Waals surface area contributed by atoms with Crippen LogP contribution < -0.4 is 25.8 Å². The predicted octanol–water partition coefficient (Wildman–Crippen LogP) is 2.69. The number of aliphatic hydroxyl groups excluding tert-OH is 1. The van der Waals surface area contributed by atoms with Gasteiger partial charge in [-0.15, -0.1) is 0 Å². The molecule has 0 aliphatic carbocycles. The minimum Gasteiger partial charge on any atom is -0.493 e. The molecule has 2 aromatic carbocycles. The molecule has 1 aliphatic heterocycles. The van der Waals surface area contributed by atoms with Crippen LogP contribution in [0, 0.1) is 10.1 Å². The van der Waals surface area contributed by atoms with Gasteiger partial charge in [-0.25, -0.2) is 9.59 Å². The van der Waals surface area contributed by atoms with E-state index in [0.717, 1.165) is 0 Å². The van der Waals surface area contributed by atoms with E-state index in [9.17, 15) is 24.8 Å². The number of carbonyl (C=O) groups excluding carboxylic acids is 2. The maximum absolute atomic E-state index is 13.2. The Morgan fingerprint density at radius 1 is 1.05 bits per heavy atom. The van der Waals surface area contributed by atoms with Gasteiger partial charge in [0.15, 0.2) is 0 Å². The summed E-state index contributed by atoms with van der Waals surface area (Å²) in [6.07, 6.45) is 0.650. The minimum absolute atomic E-state index is 0.0536. The van der Waals surface area contributed by atoms with Crippen molar-refractivity contribution in [3.63, 3.8) is 0 Å². The third-order valence-electron chi connectivity index (χ3n) is 6.82. The lowest BCUT2D eigenvalue weighted by Gasteiger charge is -2.31. The zero-order valence-corrected chi connectivity index (χ0v) is 25.2. The maximum atomic E-state index is 13.2. The number of rotatable bonds is 17. The van der Waals surface area contributed by atoms with Crippen LogP contribution in [0.1, 0.15) is 38.2 Å². The highest BCUT2D eigenvalue weighted by Gasteiger charge is 2.40. The molecule has 13 heteroatoms. The highest BCUT2D eigenvalue weighted by molar-refractivity contribution is 6.00.